The van der Waals surface area contributed by atoms with Crippen LogP contribution >= 0.6 is 11.8 Å². The maximum Gasteiger partial charge on any atom is 0.253 e. The van der Waals surface area contributed by atoms with E-state index in [1.165, 1.54) is 34.8 Å². The van der Waals surface area contributed by atoms with Crippen molar-refractivity contribution in [3.8, 4) is 17.0 Å². The summed E-state index contributed by atoms with van der Waals surface area (Å²) in [5.74, 6) is -1.28. The smallest absolute Gasteiger partial charge is 0.253 e. The molecule has 0 radical (unpaired) electrons. The maximum atomic E-state index is 13.9. The van der Waals surface area contributed by atoms with Crippen molar-refractivity contribution >= 4 is 23.9 Å². The molecule has 0 unspecified atom stereocenters. The van der Waals surface area contributed by atoms with Gasteiger partial charge in [0.1, 0.15) is 23.2 Å². The van der Waals surface area contributed by atoms with Crippen molar-refractivity contribution in [3.05, 3.63) is 78.1 Å². The van der Waals surface area contributed by atoms with Gasteiger partial charge in [-0.25, -0.2) is 14.2 Å². The summed E-state index contributed by atoms with van der Waals surface area (Å²) in [5, 5.41) is 15.4. The predicted molar refractivity (Wildman–Crippen MR) is 114 cm³/mol. The van der Waals surface area contributed by atoms with Crippen molar-refractivity contribution in [1.29, 1.82) is 0 Å². The van der Waals surface area contributed by atoms with Gasteiger partial charge in [-0.15, -0.1) is 5.10 Å². The van der Waals surface area contributed by atoms with Crippen LogP contribution in [0.25, 0.3) is 17.0 Å². The number of nitrogens with one attached hydrogen (secondary N) is 1. The number of amides is 1. The summed E-state index contributed by atoms with van der Waals surface area (Å²) in [4.78, 5) is 12.4. The van der Waals surface area contributed by atoms with Crippen LogP contribution in [0.1, 0.15) is 12.7 Å². The monoisotopic (exact) mass is 454 g/mol. The van der Waals surface area contributed by atoms with Crippen LogP contribution < -0.4 is 5.43 Å². The third-order valence-corrected chi connectivity index (χ3v) is 5.32. The van der Waals surface area contributed by atoms with E-state index in [4.69, 9.17) is 4.42 Å². The summed E-state index contributed by atoms with van der Waals surface area (Å²) < 4.78 is 34.0. The Morgan fingerprint density at radius 3 is 2.78 bits per heavy atom. The van der Waals surface area contributed by atoms with E-state index < -0.39 is 16.9 Å². The Morgan fingerprint density at radius 2 is 2.00 bits per heavy atom. The van der Waals surface area contributed by atoms with Crippen LogP contribution in [0.2, 0.25) is 0 Å². The van der Waals surface area contributed by atoms with Crippen molar-refractivity contribution in [3.63, 3.8) is 0 Å². The fourth-order valence-corrected chi connectivity index (χ4v) is 3.50. The molecule has 0 aliphatic rings. The molecule has 4 aromatic rings. The Balaban J connectivity index is 1.36. The molecule has 0 bridgehead atoms. The number of hydrogen-bond donors (Lipinski definition) is 1. The lowest BCUT2D eigenvalue weighted by atomic mass is 10.1. The van der Waals surface area contributed by atoms with Gasteiger partial charge in [-0.05, 0) is 53.7 Å². The first-order valence-corrected chi connectivity index (χ1v) is 10.3. The molecule has 0 aliphatic carbocycles. The zero-order chi connectivity index (χ0) is 22.5. The van der Waals surface area contributed by atoms with E-state index >= 15 is 0 Å². The molecular formula is C21H16F2N6O2S. The van der Waals surface area contributed by atoms with Crippen LogP contribution in [-0.4, -0.2) is 37.6 Å². The summed E-state index contributed by atoms with van der Waals surface area (Å²) in [6.45, 7) is 1.70. The number of benzene rings is 2. The van der Waals surface area contributed by atoms with Crippen LogP contribution in [-0.2, 0) is 4.79 Å². The van der Waals surface area contributed by atoms with E-state index in [0.717, 1.165) is 17.8 Å². The average molecular weight is 454 g/mol. The number of carbonyl (C=O) groups is 1. The molecule has 8 nitrogen and oxygen atoms in total. The minimum atomic E-state index is -0.736. The Labute approximate surface area is 185 Å². The van der Waals surface area contributed by atoms with Crippen molar-refractivity contribution in [2.75, 3.05) is 0 Å². The molecular weight excluding hydrogens is 438 g/mol. The van der Waals surface area contributed by atoms with Gasteiger partial charge >= 0.3 is 0 Å². The Hall–Kier alpha value is -3.86. The van der Waals surface area contributed by atoms with E-state index in [9.17, 15) is 13.6 Å². The number of halogens is 2. The van der Waals surface area contributed by atoms with Gasteiger partial charge in [0.05, 0.1) is 22.7 Å². The molecule has 0 spiro atoms. The lowest BCUT2D eigenvalue weighted by Crippen LogP contribution is -2.27. The Morgan fingerprint density at radius 1 is 1.19 bits per heavy atom. The minimum absolute atomic E-state index is 0.122. The number of carbonyl (C=O) groups excluding carboxylic acids is 1. The van der Waals surface area contributed by atoms with Crippen LogP contribution in [0.3, 0.4) is 0 Å². The van der Waals surface area contributed by atoms with E-state index in [-0.39, 0.29) is 23.0 Å². The van der Waals surface area contributed by atoms with Crippen molar-refractivity contribution in [2.45, 2.75) is 17.3 Å². The van der Waals surface area contributed by atoms with Gasteiger partial charge < -0.3 is 4.42 Å². The van der Waals surface area contributed by atoms with Crippen LogP contribution in [0.4, 0.5) is 8.78 Å². The lowest BCUT2D eigenvalue weighted by Gasteiger charge is -2.09. The standard InChI is InChI=1S/C21H16F2N6O2S/c1-13(32-21-26-27-28-29(21)15-5-3-2-4-6-15)20(30)25-24-12-16-8-10-19(31-16)17-9-7-14(22)11-18(17)23/h2-13H,1H3,(H,25,30)/b24-12-/t13-/m0/s1. The minimum Gasteiger partial charge on any atom is -0.455 e. The highest BCUT2D eigenvalue weighted by atomic mass is 32.2. The van der Waals surface area contributed by atoms with Crippen molar-refractivity contribution in [2.24, 2.45) is 5.10 Å². The summed E-state index contributed by atoms with van der Waals surface area (Å²) in [5.41, 5.74) is 3.31. The zero-order valence-electron chi connectivity index (χ0n) is 16.6. The number of hydrogen-bond acceptors (Lipinski definition) is 7. The summed E-state index contributed by atoms with van der Waals surface area (Å²) in [7, 11) is 0. The van der Waals surface area contributed by atoms with Crippen LogP contribution in [0.5, 0.6) is 0 Å². The van der Waals surface area contributed by atoms with Gasteiger partial charge in [0, 0.05) is 6.07 Å². The Bertz CT molecular complexity index is 1260. The highest BCUT2D eigenvalue weighted by Crippen LogP contribution is 2.25. The predicted octanol–water partition coefficient (Wildman–Crippen LogP) is 3.83. The number of aromatic nitrogens is 4. The molecule has 2 heterocycles. The highest BCUT2D eigenvalue weighted by molar-refractivity contribution is 8.00. The van der Waals surface area contributed by atoms with Gasteiger partial charge in [0.2, 0.25) is 5.16 Å². The molecule has 0 saturated heterocycles. The fraction of sp³-hybridized carbons (Fsp3) is 0.0952. The fourth-order valence-electron chi connectivity index (χ4n) is 2.70. The molecule has 2 aromatic carbocycles. The molecule has 1 N–H and O–H groups in total. The normalized spacial score (nSPS) is 12.2. The summed E-state index contributed by atoms with van der Waals surface area (Å²) in [6.07, 6.45) is 1.29. The zero-order valence-corrected chi connectivity index (χ0v) is 17.5. The number of furan rings is 1. The summed E-state index contributed by atoms with van der Waals surface area (Å²) in [6, 6.07) is 15.6. The number of tetrazole rings is 1. The van der Waals surface area contributed by atoms with Crippen molar-refractivity contribution in [1.82, 2.24) is 25.6 Å². The van der Waals surface area contributed by atoms with E-state index in [0.29, 0.717) is 5.16 Å². The molecule has 0 saturated carbocycles. The van der Waals surface area contributed by atoms with Gasteiger partial charge in [-0.3, -0.25) is 4.79 Å². The molecule has 2 aromatic heterocycles. The first-order chi connectivity index (χ1) is 15.5. The molecule has 0 aliphatic heterocycles. The first kappa shape index (κ1) is 21.4. The quantitative estimate of drug-likeness (QED) is 0.259. The molecule has 11 heteroatoms. The lowest BCUT2D eigenvalue weighted by molar-refractivity contribution is -0.120. The number of nitrogens with zero attached hydrogens (tertiary/aromatic N) is 5. The highest BCUT2D eigenvalue weighted by Gasteiger charge is 2.19. The van der Waals surface area contributed by atoms with Crippen molar-refractivity contribution < 1.29 is 18.0 Å². The molecule has 0 fully saturated rings. The molecule has 162 valence electrons. The van der Waals surface area contributed by atoms with E-state index in [1.54, 1.807) is 13.0 Å². The SMILES string of the molecule is C[C@H](Sc1nnnn1-c1ccccc1)C(=O)N/N=C\c1ccc(-c2ccc(F)cc2F)o1. The summed E-state index contributed by atoms with van der Waals surface area (Å²) >= 11 is 1.18. The third kappa shape index (κ3) is 4.89. The largest absolute Gasteiger partial charge is 0.455 e. The Kier molecular flexibility index (Phi) is 6.36. The van der Waals surface area contributed by atoms with Gasteiger partial charge in [0.25, 0.3) is 5.91 Å². The van der Waals surface area contributed by atoms with Gasteiger partial charge in [-0.2, -0.15) is 9.78 Å². The molecule has 32 heavy (non-hydrogen) atoms. The maximum absolute atomic E-state index is 13.9. The van der Waals surface area contributed by atoms with Crippen LogP contribution in [0.15, 0.2) is 75.3 Å². The number of hydrazone groups is 1. The molecule has 4 rings (SSSR count). The van der Waals surface area contributed by atoms with Gasteiger partial charge in [0.15, 0.2) is 0 Å². The molecule has 1 amide bonds. The first-order valence-electron chi connectivity index (χ1n) is 9.40. The average Bonchev–Trinajstić information content (AvgIpc) is 3.44. The number of rotatable bonds is 7. The van der Waals surface area contributed by atoms with Gasteiger partial charge in [-0.1, -0.05) is 30.0 Å². The second-order valence-electron chi connectivity index (χ2n) is 6.53. The topological polar surface area (TPSA) is 98.2 Å². The van der Waals surface area contributed by atoms with E-state index in [1.807, 2.05) is 30.3 Å². The third-order valence-electron chi connectivity index (χ3n) is 4.28. The van der Waals surface area contributed by atoms with Crippen LogP contribution in [0, 0.1) is 11.6 Å². The second-order valence-corrected chi connectivity index (χ2v) is 7.84. The molecule has 1 atom stereocenters. The second kappa shape index (κ2) is 9.52. The number of para-hydroxylation sites is 1. The number of thioether (sulfide) groups is 1. The van der Waals surface area contributed by atoms with E-state index in [2.05, 4.69) is 26.1 Å².